The quantitative estimate of drug-likeness (QED) is 0.417. The minimum absolute atomic E-state index is 0.0655. The molecule has 31 heavy (non-hydrogen) atoms. The fraction of sp³-hybridized carbons (Fsp3) is 0.636. The van der Waals surface area contributed by atoms with Crippen molar-refractivity contribution in [1.29, 1.82) is 0 Å². The first kappa shape index (κ1) is 23.6. The average Bonchev–Trinajstić information content (AvgIpc) is 2.74. The summed E-state index contributed by atoms with van der Waals surface area (Å²) >= 11 is 0. The van der Waals surface area contributed by atoms with E-state index in [9.17, 15) is 14.6 Å². The normalized spacial score (nSPS) is 23.1. The molecule has 1 aliphatic carbocycles. The van der Waals surface area contributed by atoms with Gasteiger partial charge in [0, 0.05) is 25.6 Å². The van der Waals surface area contributed by atoms with Gasteiger partial charge in [0.25, 0.3) is 0 Å². The topological polar surface area (TPSA) is 100 Å². The van der Waals surface area contributed by atoms with Gasteiger partial charge in [-0.05, 0) is 63.7 Å². The van der Waals surface area contributed by atoms with Crippen LogP contribution in [0.15, 0.2) is 18.2 Å². The second-order valence-corrected chi connectivity index (χ2v) is 8.85. The first-order valence-corrected chi connectivity index (χ1v) is 11.1. The smallest absolute Gasteiger partial charge is 0.534 e. The molecule has 1 atom stereocenters. The summed E-state index contributed by atoms with van der Waals surface area (Å²) in [7, 11) is 4.24. The van der Waals surface area contributed by atoms with Gasteiger partial charge in [-0.15, -0.1) is 0 Å². The van der Waals surface area contributed by atoms with Gasteiger partial charge in [0.2, 0.25) is 5.91 Å². The molecule has 0 radical (unpaired) electrons. The highest BCUT2D eigenvalue weighted by Gasteiger charge is 2.38. The van der Waals surface area contributed by atoms with E-state index < -0.39 is 19.0 Å². The molecule has 0 aromatic heterocycles. The number of nitrogens with one attached hydrogen (secondary N) is 2. The van der Waals surface area contributed by atoms with Gasteiger partial charge in [-0.2, -0.15) is 0 Å². The third-order valence-corrected chi connectivity index (χ3v) is 6.18. The van der Waals surface area contributed by atoms with E-state index in [-0.39, 0.29) is 11.5 Å². The molecular weight excluding hydrogens is 397 g/mol. The zero-order valence-electron chi connectivity index (χ0n) is 18.7. The van der Waals surface area contributed by atoms with E-state index in [1.165, 1.54) is 7.11 Å². The van der Waals surface area contributed by atoms with Crippen molar-refractivity contribution in [2.75, 3.05) is 34.3 Å². The molecule has 0 unspecified atom stereocenters. The van der Waals surface area contributed by atoms with Crippen molar-refractivity contribution in [1.82, 2.24) is 15.5 Å². The molecule has 8 nitrogen and oxygen atoms in total. The van der Waals surface area contributed by atoms with E-state index in [1.54, 1.807) is 12.1 Å². The third-order valence-electron chi connectivity index (χ3n) is 6.18. The molecule has 3 N–H and O–H groups in total. The van der Waals surface area contributed by atoms with Gasteiger partial charge >= 0.3 is 13.1 Å². The molecule has 1 saturated carbocycles. The molecule has 9 heteroatoms. The van der Waals surface area contributed by atoms with Crippen LogP contribution in [0.1, 0.15) is 48.0 Å². The van der Waals surface area contributed by atoms with E-state index in [2.05, 4.69) is 29.6 Å². The number of carbonyl (C=O) groups is 2. The molecule has 2 aliphatic rings. The standard InChI is InChI=1S/C22H34BN3O5/c1-26(2)12-11-24-17-9-7-15(8-10-17)13-20(27)25-19-14-16-5-4-6-18(22(28)30-3)21(16)31-23(19)29/h4-6,15,17,19,24,29H,7-14H2,1-3H3,(H,25,27)/t15?,17?,19-/m0/s1. The number of esters is 1. The molecular formula is C22H34BN3O5. The Morgan fingerprint density at radius 1 is 1.26 bits per heavy atom. The lowest BCUT2D eigenvalue weighted by atomic mass is 9.72. The summed E-state index contributed by atoms with van der Waals surface area (Å²) < 4.78 is 10.4. The highest BCUT2D eigenvalue weighted by molar-refractivity contribution is 6.47. The van der Waals surface area contributed by atoms with Crippen LogP contribution in [0.4, 0.5) is 0 Å². The number of hydrogen-bond donors (Lipinski definition) is 3. The van der Waals surface area contributed by atoms with E-state index in [0.717, 1.165) is 44.3 Å². The first-order valence-electron chi connectivity index (χ1n) is 11.1. The summed E-state index contributed by atoms with van der Waals surface area (Å²) in [5, 5.41) is 16.9. The number of amides is 1. The van der Waals surface area contributed by atoms with Gasteiger partial charge < -0.3 is 29.9 Å². The largest absolute Gasteiger partial charge is 0.547 e. The molecule has 1 heterocycles. The van der Waals surface area contributed by atoms with Crippen molar-refractivity contribution in [2.45, 2.75) is 50.5 Å². The summed E-state index contributed by atoms with van der Waals surface area (Å²) in [4.78, 5) is 26.7. The van der Waals surface area contributed by atoms with Gasteiger partial charge in [-0.1, -0.05) is 12.1 Å². The Morgan fingerprint density at radius 3 is 2.68 bits per heavy atom. The molecule has 1 aromatic carbocycles. The number of methoxy groups -OCH3 is 1. The van der Waals surface area contributed by atoms with Crippen LogP contribution in [-0.2, 0) is 16.0 Å². The summed E-state index contributed by atoms with van der Waals surface area (Å²) in [5.41, 5.74) is 1.04. The number of rotatable bonds is 8. The third kappa shape index (κ3) is 6.44. The van der Waals surface area contributed by atoms with Crippen LogP contribution in [0.5, 0.6) is 5.75 Å². The number of carbonyl (C=O) groups excluding carboxylic acids is 2. The van der Waals surface area contributed by atoms with Crippen LogP contribution in [0.3, 0.4) is 0 Å². The zero-order chi connectivity index (χ0) is 22.4. The summed E-state index contributed by atoms with van der Waals surface area (Å²) in [6.45, 7) is 2.01. The lowest BCUT2D eigenvalue weighted by Crippen LogP contribution is -2.53. The highest BCUT2D eigenvalue weighted by Crippen LogP contribution is 2.31. The Hall–Kier alpha value is -2.10. The van der Waals surface area contributed by atoms with E-state index in [1.807, 2.05) is 6.07 Å². The van der Waals surface area contributed by atoms with Crippen LogP contribution in [-0.4, -0.2) is 75.2 Å². The lowest BCUT2D eigenvalue weighted by molar-refractivity contribution is -0.122. The van der Waals surface area contributed by atoms with Crippen molar-refractivity contribution in [3.63, 3.8) is 0 Å². The van der Waals surface area contributed by atoms with Crippen molar-refractivity contribution in [3.8, 4) is 5.75 Å². The Labute approximate surface area is 184 Å². The molecule has 1 aromatic rings. The van der Waals surface area contributed by atoms with Crippen molar-refractivity contribution >= 4 is 19.0 Å². The van der Waals surface area contributed by atoms with Crippen LogP contribution in [0.2, 0.25) is 0 Å². The van der Waals surface area contributed by atoms with Gasteiger partial charge in [-0.3, -0.25) is 4.79 Å². The number of hydrogen-bond acceptors (Lipinski definition) is 7. The summed E-state index contributed by atoms with van der Waals surface area (Å²) in [6, 6.07) is 5.71. The SMILES string of the molecule is COC(=O)c1cccc2c1OB(O)[C@@H](NC(=O)CC1CCC(NCCN(C)C)CC1)C2. The highest BCUT2D eigenvalue weighted by atomic mass is 16.5. The zero-order valence-corrected chi connectivity index (χ0v) is 18.7. The minimum Gasteiger partial charge on any atom is -0.534 e. The van der Waals surface area contributed by atoms with E-state index in [0.29, 0.717) is 30.6 Å². The van der Waals surface area contributed by atoms with Gasteiger partial charge in [0.1, 0.15) is 11.3 Å². The van der Waals surface area contributed by atoms with Gasteiger partial charge in [0.05, 0.1) is 13.1 Å². The molecule has 1 fully saturated rings. The minimum atomic E-state index is -1.21. The monoisotopic (exact) mass is 431 g/mol. The Balaban J connectivity index is 1.47. The molecule has 0 saturated heterocycles. The summed E-state index contributed by atoms with van der Waals surface area (Å²) in [5.74, 6) is -0.432. The van der Waals surface area contributed by atoms with Crippen LogP contribution in [0.25, 0.3) is 0 Å². The number of ether oxygens (including phenoxy) is 1. The van der Waals surface area contributed by atoms with Crippen molar-refractivity contribution in [3.05, 3.63) is 29.3 Å². The molecule has 3 rings (SSSR count). The maximum absolute atomic E-state index is 12.6. The molecule has 1 amide bonds. The van der Waals surface area contributed by atoms with Gasteiger partial charge in [-0.25, -0.2) is 4.79 Å². The number of nitrogens with zero attached hydrogens (tertiary/aromatic N) is 1. The Kier molecular flexibility index (Phi) is 8.34. The van der Waals surface area contributed by atoms with Crippen molar-refractivity contribution < 1.29 is 24.0 Å². The van der Waals surface area contributed by atoms with Crippen LogP contribution >= 0.6 is 0 Å². The predicted molar refractivity (Wildman–Crippen MR) is 119 cm³/mol. The number of benzene rings is 1. The Bertz CT molecular complexity index is 768. The fourth-order valence-corrected chi connectivity index (χ4v) is 4.41. The number of likely N-dealkylation sites (N-methyl/N-ethyl adjacent to an activating group) is 1. The maximum Gasteiger partial charge on any atom is 0.547 e. The number of fused-ring (bicyclic) bond motifs is 1. The van der Waals surface area contributed by atoms with Crippen molar-refractivity contribution in [2.24, 2.45) is 5.92 Å². The fourth-order valence-electron chi connectivity index (χ4n) is 4.41. The molecule has 1 aliphatic heterocycles. The van der Waals surface area contributed by atoms with Crippen LogP contribution in [0, 0.1) is 5.92 Å². The predicted octanol–water partition coefficient (Wildman–Crippen LogP) is 1.01. The first-order chi connectivity index (χ1) is 14.9. The number of para-hydroxylation sites is 1. The summed E-state index contributed by atoms with van der Waals surface area (Å²) in [6.07, 6.45) is 5.09. The van der Waals surface area contributed by atoms with E-state index >= 15 is 0 Å². The van der Waals surface area contributed by atoms with Crippen LogP contribution < -0.4 is 15.3 Å². The maximum atomic E-state index is 12.6. The Morgan fingerprint density at radius 2 is 2.00 bits per heavy atom. The van der Waals surface area contributed by atoms with Gasteiger partial charge in [0.15, 0.2) is 0 Å². The second-order valence-electron chi connectivity index (χ2n) is 8.85. The average molecular weight is 431 g/mol. The second kappa shape index (κ2) is 11.0. The molecule has 0 bridgehead atoms. The lowest BCUT2D eigenvalue weighted by Gasteiger charge is -2.31. The molecule has 0 spiro atoms. The van der Waals surface area contributed by atoms with E-state index in [4.69, 9.17) is 9.39 Å². The molecule has 170 valence electrons.